The zero-order valence-electron chi connectivity index (χ0n) is 9.97. The van der Waals surface area contributed by atoms with E-state index in [1.54, 1.807) is 31.1 Å². The van der Waals surface area contributed by atoms with Gasteiger partial charge in [-0.25, -0.2) is 9.79 Å². The topological polar surface area (TPSA) is 81.1 Å². The quantitative estimate of drug-likeness (QED) is 0.380. The van der Waals surface area contributed by atoms with Crippen LogP contribution in [0, 0.1) is 0 Å². The summed E-state index contributed by atoms with van der Waals surface area (Å²) in [6, 6.07) is 3.21. The minimum atomic E-state index is -0.504. The van der Waals surface area contributed by atoms with Crippen LogP contribution in [-0.2, 0) is 11.3 Å². The van der Waals surface area contributed by atoms with E-state index in [9.17, 15) is 4.79 Å². The number of ether oxygens (including phenoxy) is 1. The van der Waals surface area contributed by atoms with Crippen LogP contribution < -0.4 is 5.73 Å². The highest BCUT2D eigenvalue weighted by molar-refractivity contribution is 14.0. The molecule has 0 aromatic carbocycles. The van der Waals surface area contributed by atoms with Crippen molar-refractivity contribution in [2.75, 3.05) is 21.2 Å². The number of aliphatic imine (C=N–C) groups is 1. The molecule has 6 nitrogen and oxygen atoms in total. The van der Waals surface area contributed by atoms with Gasteiger partial charge in [-0.05, 0) is 12.1 Å². The molecule has 1 heterocycles. The number of hydrogen-bond donors (Lipinski definition) is 1. The summed E-state index contributed by atoms with van der Waals surface area (Å²) in [5, 5.41) is 0. The number of nitrogens with zero attached hydrogens (tertiary/aromatic N) is 2. The number of esters is 1. The van der Waals surface area contributed by atoms with Crippen molar-refractivity contribution in [1.29, 1.82) is 0 Å². The zero-order chi connectivity index (χ0) is 12.1. The van der Waals surface area contributed by atoms with E-state index in [2.05, 4.69) is 9.73 Å². The smallest absolute Gasteiger partial charge is 0.373 e. The molecule has 0 aliphatic rings. The lowest BCUT2D eigenvalue weighted by Gasteiger charge is -2.09. The molecule has 0 bridgehead atoms. The van der Waals surface area contributed by atoms with Gasteiger partial charge in [-0.2, -0.15) is 0 Å². The van der Waals surface area contributed by atoms with E-state index in [1.165, 1.54) is 7.11 Å². The average Bonchev–Trinajstić information content (AvgIpc) is 2.73. The molecule has 1 aromatic heterocycles. The normalized spacial score (nSPS) is 10.6. The van der Waals surface area contributed by atoms with E-state index >= 15 is 0 Å². The Bertz CT molecular complexity index is 401. The average molecular weight is 353 g/mol. The van der Waals surface area contributed by atoms with Gasteiger partial charge >= 0.3 is 5.97 Å². The first kappa shape index (κ1) is 15.8. The Morgan fingerprint density at radius 3 is 2.71 bits per heavy atom. The molecule has 0 aliphatic heterocycles. The molecular weight excluding hydrogens is 337 g/mol. The van der Waals surface area contributed by atoms with E-state index in [1.807, 2.05) is 0 Å². The highest BCUT2D eigenvalue weighted by Crippen LogP contribution is 2.09. The summed E-state index contributed by atoms with van der Waals surface area (Å²) < 4.78 is 9.72. The van der Waals surface area contributed by atoms with Crippen molar-refractivity contribution < 1.29 is 13.9 Å². The van der Waals surface area contributed by atoms with Crippen LogP contribution in [0.3, 0.4) is 0 Å². The monoisotopic (exact) mass is 353 g/mol. The lowest BCUT2D eigenvalue weighted by atomic mass is 10.4. The summed E-state index contributed by atoms with van der Waals surface area (Å²) in [5.74, 6) is 0.619. The van der Waals surface area contributed by atoms with Gasteiger partial charge in [0.05, 0.1) is 7.11 Å². The third-order valence-corrected chi connectivity index (χ3v) is 1.90. The summed E-state index contributed by atoms with van der Waals surface area (Å²) in [6.45, 7) is 0.293. The Morgan fingerprint density at radius 1 is 1.53 bits per heavy atom. The van der Waals surface area contributed by atoms with Crippen molar-refractivity contribution in [1.82, 2.24) is 4.90 Å². The fourth-order valence-electron chi connectivity index (χ4n) is 0.974. The van der Waals surface area contributed by atoms with E-state index in [0.717, 1.165) is 0 Å². The van der Waals surface area contributed by atoms with Crippen molar-refractivity contribution in [3.63, 3.8) is 0 Å². The van der Waals surface area contributed by atoms with Gasteiger partial charge in [0, 0.05) is 14.1 Å². The molecule has 0 aliphatic carbocycles. The van der Waals surface area contributed by atoms with Gasteiger partial charge in [-0.3, -0.25) is 0 Å². The molecule has 0 atom stereocenters. The summed E-state index contributed by atoms with van der Waals surface area (Å²) in [4.78, 5) is 16.8. The van der Waals surface area contributed by atoms with Crippen LogP contribution in [0.25, 0.3) is 0 Å². The number of carbonyl (C=O) groups is 1. The number of rotatable bonds is 3. The Hall–Kier alpha value is -1.25. The van der Waals surface area contributed by atoms with E-state index in [0.29, 0.717) is 18.3 Å². The SMILES string of the molecule is COC(=O)c1ccc(CN=C(N)N(C)C)o1.I. The molecule has 1 rings (SSSR count). The largest absolute Gasteiger partial charge is 0.463 e. The van der Waals surface area contributed by atoms with Crippen molar-refractivity contribution >= 4 is 35.9 Å². The lowest BCUT2D eigenvalue weighted by Crippen LogP contribution is -2.30. The maximum atomic E-state index is 11.1. The highest BCUT2D eigenvalue weighted by Gasteiger charge is 2.10. The maximum Gasteiger partial charge on any atom is 0.373 e. The predicted octanol–water partition coefficient (Wildman–Crippen LogP) is 1.06. The number of furan rings is 1. The Kier molecular flexibility index (Phi) is 6.62. The number of hydrogen-bond acceptors (Lipinski definition) is 4. The number of halogens is 1. The van der Waals surface area contributed by atoms with Gasteiger partial charge < -0.3 is 19.8 Å². The number of nitrogens with two attached hydrogens (primary N) is 1. The molecule has 0 saturated carbocycles. The number of guanidine groups is 1. The van der Waals surface area contributed by atoms with Gasteiger partial charge in [-0.1, -0.05) is 0 Å². The van der Waals surface area contributed by atoms with Crippen LogP contribution >= 0.6 is 24.0 Å². The van der Waals surface area contributed by atoms with E-state index in [4.69, 9.17) is 10.2 Å². The van der Waals surface area contributed by atoms with Gasteiger partial charge in [0.25, 0.3) is 0 Å². The molecule has 17 heavy (non-hydrogen) atoms. The summed E-state index contributed by atoms with van der Waals surface area (Å²) in [7, 11) is 4.88. The van der Waals surface area contributed by atoms with Gasteiger partial charge in [-0.15, -0.1) is 24.0 Å². The molecule has 0 amide bonds. The zero-order valence-corrected chi connectivity index (χ0v) is 12.3. The number of carbonyl (C=O) groups excluding carboxylic acids is 1. The first-order valence-electron chi connectivity index (χ1n) is 4.69. The van der Waals surface area contributed by atoms with Crippen LogP contribution in [0.1, 0.15) is 16.3 Å². The molecule has 0 unspecified atom stereocenters. The molecule has 0 radical (unpaired) electrons. The van der Waals surface area contributed by atoms with Crippen LogP contribution in [0.4, 0.5) is 0 Å². The molecule has 2 N–H and O–H groups in total. The second-order valence-corrected chi connectivity index (χ2v) is 3.33. The molecule has 1 aromatic rings. The van der Waals surface area contributed by atoms with Crippen molar-refractivity contribution in [2.24, 2.45) is 10.7 Å². The Balaban J connectivity index is 0.00000256. The fourth-order valence-corrected chi connectivity index (χ4v) is 0.974. The summed E-state index contributed by atoms with van der Waals surface area (Å²) in [6.07, 6.45) is 0. The minimum absolute atomic E-state index is 0. The van der Waals surface area contributed by atoms with E-state index < -0.39 is 5.97 Å². The van der Waals surface area contributed by atoms with E-state index in [-0.39, 0.29) is 29.7 Å². The van der Waals surface area contributed by atoms with Crippen LogP contribution in [0.2, 0.25) is 0 Å². The van der Waals surface area contributed by atoms with Crippen molar-refractivity contribution in [3.8, 4) is 0 Å². The van der Waals surface area contributed by atoms with Crippen molar-refractivity contribution in [3.05, 3.63) is 23.7 Å². The first-order valence-corrected chi connectivity index (χ1v) is 4.69. The van der Waals surface area contributed by atoms with Crippen LogP contribution in [0.5, 0.6) is 0 Å². The van der Waals surface area contributed by atoms with Gasteiger partial charge in [0.2, 0.25) is 5.76 Å². The molecule has 0 spiro atoms. The minimum Gasteiger partial charge on any atom is -0.463 e. The second-order valence-electron chi connectivity index (χ2n) is 3.33. The van der Waals surface area contributed by atoms with Crippen LogP contribution in [0.15, 0.2) is 21.5 Å². The lowest BCUT2D eigenvalue weighted by molar-refractivity contribution is 0.0563. The molecule has 7 heteroatoms. The summed E-state index contributed by atoms with van der Waals surface area (Å²) in [5.41, 5.74) is 5.60. The van der Waals surface area contributed by atoms with Gasteiger partial charge in [0.15, 0.2) is 5.96 Å². The second kappa shape index (κ2) is 7.15. The molecule has 0 saturated heterocycles. The Morgan fingerprint density at radius 2 is 2.18 bits per heavy atom. The van der Waals surface area contributed by atoms with Crippen LogP contribution in [-0.4, -0.2) is 38.0 Å². The standard InChI is InChI=1S/C10H15N3O3.HI/c1-13(2)10(11)12-6-7-4-5-8(16-7)9(14)15-3;/h4-5H,6H2,1-3H3,(H2,11,12);1H. The van der Waals surface area contributed by atoms with Gasteiger partial charge in [0.1, 0.15) is 12.3 Å². The predicted molar refractivity (Wildman–Crippen MR) is 74.5 cm³/mol. The maximum absolute atomic E-state index is 11.1. The molecular formula is C10H16IN3O3. The third kappa shape index (κ3) is 4.63. The molecule has 96 valence electrons. The van der Waals surface area contributed by atoms with Crippen molar-refractivity contribution in [2.45, 2.75) is 6.54 Å². The highest BCUT2D eigenvalue weighted by atomic mass is 127. The number of methoxy groups -OCH3 is 1. The molecule has 0 fully saturated rings. The summed E-state index contributed by atoms with van der Waals surface area (Å²) >= 11 is 0. The first-order chi connectivity index (χ1) is 7.54. The third-order valence-electron chi connectivity index (χ3n) is 1.90. The fraction of sp³-hybridized carbons (Fsp3) is 0.400. The Labute approximate surface area is 117 Å².